The molecule has 3 rings (SSSR count). The Hall–Kier alpha value is -4.11. The molecule has 6 nitrogen and oxygen atoms in total. The van der Waals surface area contributed by atoms with Gasteiger partial charge in [-0.2, -0.15) is 13.2 Å². The van der Waals surface area contributed by atoms with E-state index in [0.717, 1.165) is 12.1 Å². The maximum Gasteiger partial charge on any atom is 0.416 e. The molecule has 37 heavy (non-hydrogen) atoms. The van der Waals surface area contributed by atoms with Gasteiger partial charge in [0.25, 0.3) is 5.91 Å². The molecule has 0 unspecified atom stereocenters. The van der Waals surface area contributed by atoms with Crippen LogP contribution in [-0.2, 0) is 12.7 Å². The number of hydrogen-bond acceptors (Lipinski definition) is 3. The molecule has 3 amide bonds. The second kappa shape index (κ2) is 11.7. The highest BCUT2D eigenvalue weighted by Gasteiger charge is 2.31. The van der Waals surface area contributed by atoms with Crippen molar-refractivity contribution in [3.05, 3.63) is 114 Å². The Morgan fingerprint density at radius 3 is 2.54 bits per heavy atom. The summed E-state index contributed by atoms with van der Waals surface area (Å²) in [5.74, 6) is -0.296. The van der Waals surface area contributed by atoms with Crippen LogP contribution in [0, 0.1) is 0 Å². The van der Waals surface area contributed by atoms with Gasteiger partial charge in [-0.15, -0.1) is 0 Å². The lowest BCUT2D eigenvalue weighted by molar-refractivity contribution is -0.137. The Bertz CT molecular complexity index is 1260. The van der Waals surface area contributed by atoms with Gasteiger partial charge in [-0.1, -0.05) is 43.5 Å². The van der Waals surface area contributed by atoms with E-state index in [-0.39, 0.29) is 19.1 Å². The molecule has 1 heterocycles. The molecule has 0 saturated heterocycles. The third-order valence-corrected chi connectivity index (χ3v) is 5.65. The van der Waals surface area contributed by atoms with Crippen LogP contribution in [-0.4, -0.2) is 40.0 Å². The van der Waals surface area contributed by atoms with E-state index in [2.05, 4.69) is 18.5 Å². The Kier molecular flexibility index (Phi) is 8.73. The molecule has 0 saturated carbocycles. The van der Waals surface area contributed by atoms with E-state index < -0.39 is 17.8 Å². The number of allylic oxidation sites excluding steroid dienone is 4. The van der Waals surface area contributed by atoms with E-state index in [0.29, 0.717) is 46.6 Å². The highest BCUT2D eigenvalue weighted by molar-refractivity contribution is 5.96. The lowest BCUT2D eigenvalue weighted by Gasteiger charge is -2.32. The van der Waals surface area contributed by atoms with Gasteiger partial charge in [0.15, 0.2) is 0 Å². The molecule has 1 aliphatic rings. The lowest BCUT2D eigenvalue weighted by atomic mass is 9.98. The second-order valence-corrected chi connectivity index (χ2v) is 8.45. The first kappa shape index (κ1) is 27.5. The van der Waals surface area contributed by atoms with Crippen LogP contribution < -0.4 is 5.32 Å². The number of benzene rings is 2. The van der Waals surface area contributed by atoms with Gasteiger partial charge < -0.3 is 10.4 Å². The van der Waals surface area contributed by atoms with Crippen LogP contribution in [0.25, 0.3) is 5.57 Å². The molecule has 0 spiro atoms. The van der Waals surface area contributed by atoms with Gasteiger partial charge in [0.2, 0.25) is 0 Å². The molecule has 0 fully saturated rings. The standard InChI is InChI=1S/C28H28F3N3O3/c1-19(2)34(18-21-8-4-11-24(16-21)28(29,30)31)27(37)33-14-6-12-25(20(33)3)22-9-5-10-23(17-22)26(36)32-13-7-15-35/h4-6,8-12,14,16-17,35H,1,3,7,13,15,18H2,2H3,(H,32,36). The van der Waals surface area contributed by atoms with Crippen molar-refractivity contribution in [2.24, 2.45) is 0 Å². The molecule has 0 atom stereocenters. The smallest absolute Gasteiger partial charge is 0.396 e. The van der Waals surface area contributed by atoms with E-state index in [9.17, 15) is 22.8 Å². The van der Waals surface area contributed by atoms with Crippen LogP contribution in [0.3, 0.4) is 0 Å². The van der Waals surface area contributed by atoms with Crippen molar-refractivity contribution in [3.8, 4) is 0 Å². The third kappa shape index (κ3) is 6.77. The van der Waals surface area contributed by atoms with Crippen molar-refractivity contribution in [1.29, 1.82) is 0 Å². The van der Waals surface area contributed by atoms with E-state index in [1.54, 1.807) is 43.3 Å². The van der Waals surface area contributed by atoms with Crippen molar-refractivity contribution in [3.63, 3.8) is 0 Å². The van der Waals surface area contributed by atoms with E-state index >= 15 is 0 Å². The minimum atomic E-state index is -4.50. The van der Waals surface area contributed by atoms with Crippen molar-refractivity contribution in [2.45, 2.75) is 26.1 Å². The van der Waals surface area contributed by atoms with Crippen molar-refractivity contribution in [2.75, 3.05) is 13.2 Å². The number of alkyl halides is 3. The number of aliphatic hydroxyl groups is 1. The molecule has 2 aromatic carbocycles. The van der Waals surface area contributed by atoms with Gasteiger partial charge in [0.05, 0.1) is 17.8 Å². The summed E-state index contributed by atoms with van der Waals surface area (Å²) < 4.78 is 39.5. The number of carbonyl (C=O) groups is 2. The summed E-state index contributed by atoms with van der Waals surface area (Å²) in [5.41, 5.74) is 1.84. The summed E-state index contributed by atoms with van der Waals surface area (Å²) >= 11 is 0. The van der Waals surface area contributed by atoms with Crippen LogP contribution in [0.1, 0.15) is 40.4 Å². The van der Waals surface area contributed by atoms with Crippen LogP contribution in [0.15, 0.2) is 91.4 Å². The highest BCUT2D eigenvalue weighted by atomic mass is 19.4. The highest BCUT2D eigenvalue weighted by Crippen LogP contribution is 2.32. The summed E-state index contributed by atoms with van der Waals surface area (Å²) in [7, 11) is 0. The Morgan fingerprint density at radius 1 is 1.14 bits per heavy atom. The fraction of sp³-hybridized carbons (Fsp3) is 0.214. The molecule has 0 aromatic heterocycles. The normalized spacial score (nSPS) is 13.3. The molecular formula is C28H28F3N3O3. The van der Waals surface area contributed by atoms with Gasteiger partial charge in [0.1, 0.15) is 0 Å². The molecule has 9 heteroatoms. The number of nitrogens with one attached hydrogen (secondary N) is 1. The minimum Gasteiger partial charge on any atom is -0.396 e. The fourth-order valence-corrected chi connectivity index (χ4v) is 3.72. The number of halogens is 3. The maximum absolute atomic E-state index is 13.5. The predicted octanol–water partition coefficient (Wildman–Crippen LogP) is 5.70. The minimum absolute atomic E-state index is 0.0296. The van der Waals surface area contributed by atoms with Gasteiger partial charge in [-0.25, -0.2) is 4.79 Å². The van der Waals surface area contributed by atoms with Crippen molar-refractivity contribution in [1.82, 2.24) is 15.1 Å². The molecule has 0 aliphatic carbocycles. The molecule has 0 radical (unpaired) electrons. The first-order valence-corrected chi connectivity index (χ1v) is 11.5. The maximum atomic E-state index is 13.5. The zero-order valence-corrected chi connectivity index (χ0v) is 20.4. The van der Waals surface area contributed by atoms with Crippen LogP contribution in [0.5, 0.6) is 0 Å². The summed E-state index contributed by atoms with van der Waals surface area (Å²) in [4.78, 5) is 28.5. The molecule has 0 bridgehead atoms. The Labute approximate surface area is 213 Å². The summed E-state index contributed by atoms with van der Waals surface area (Å²) in [5, 5.41) is 11.6. The first-order valence-electron chi connectivity index (χ1n) is 11.5. The number of nitrogens with zero attached hydrogens (tertiary/aromatic N) is 2. The molecule has 2 N–H and O–H groups in total. The summed E-state index contributed by atoms with van der Waals surface area (Å²) in [6.07, 6.45) is 0.863. The number of amides is 3. The lowest BCUT2D eigenvalue weighted by Crippen LogP contribution is -2.39. The number of rotatable bonds is 8. The van der Waals surface area contributed by atoms with Crippen LogP contribution >= 0.6 is 0 Å². The SMILES string of the molecule is C=C1C(c2cccc(C(=O)NCCCO)c2)=CC=CN1C(=O)N(Cc1cccc(C(F)(F)F)c1)C(=C)C. The van der Waals surface area contributed by atoms with E-state index in [4.69, 9.17) is 5.11 Å². The van der Waals surface area contributed by atoms with Crippen LogP contribution in [0.4, 0.5) is 18.0 Å². The summed E-state index contributed by atoms with van der Waals surface area (Å²) in [6.45, 7) is 9.68. The number of aliphatic hydroxyl groups excluding tert-OH is 1. The molecule has 2 aromatic rings. The first-order chi connectivity index (χ1) is 17.5. The van der Waals surface area contributed by atoms with Crippen molar-refractivity contribution >= 4 is 17.5 Å². The average Bonchev–Trinajstić information content (AvgIpc) is 2.86. The Morgan fingerprint density at radius 2 is 1.86 bits per heavy atom. The molecule has 1 aliphatic heterocycles. The zero-order chi connectivity index (χ0) is 27.2. The third-order valence-electron chi connectivity index (χ3n) is 5.65. The quantitative estimate of drug-likeness (QED) is 0.447. The number of carbonyl (C=O) groups excluding carboxylic acids is 2. The van der Waals surface area contributed by atoms with Crippen molar-refractivity contribution < 1.29 is 27.9 Å². The monoisotopic (exact) mass is 511 g/mol. The van der Waals surface area contributed by atoms with Gasteiger partial charge in [0, 0.05) is 36.2 Å². The average molecular weight is 512 g/mol. The Balaban J connectivity index is 1.81. The van der Waals surface area contributed by atoms with Gasteiger partial charge in [-0.05, 0) is 54.8 Å². The fourth-order valence-electron chi connectivity index (χ4n) is 3.72. The number of hydrogen-bond donors (Lipinski definition) is 2. The molecule has 194 valence electrons. The van der Waals surface area contributed by atoms with E-state index in [1.807, 2.05) is 0 Å². The van der Waals surface area contributed by atoms with Gasteiger partial charge in [-0.3, -0.25) is 14.6 Å². The zero-order valence-electron chi connectivity index (χ0n) is 20.4. The topological polar surface area (TPSA) is 72.9 Å². The van der Waals surface area contributed by atoms with Crippen LogP contribution in [0.2, 0.25) is 0 Å². The largest absolute Gasteiger partial charge is 0.416 e. The predicted molar refractivity (Wildman–Crippen MR) is 136 cm³/mol. The second-order valence-electron chi connectivity index (χ2n) is 8.45. The van der Waals surface area contributed by atoms with E-state index in [1.165, 1.54) is 28.1 Å². The number of urea groups is 1. The van der Waals surface area contributed by atoms with Gasteiger partial charge >= 0.3 is 12.2 Å². The summed E-state index contributed by atoms with van der Waals surface area (Å²) in [6, 6.07) is 11.1. The molecular weight excluding hydrogens is 483 g/mol.